The van der Waals surface area contributed by atoms with E-state index in [4.69, 9.17) is 16.2 Å². The van der Waals surface area contributed by atoms with Crippen LogP contribution < -0.4 is 21.5 Å². The van der Waals surface area contributed by atoms with Crippen LogP contribution >= 0.6 is 0 Å². The normalized spacial score (nSPS) is 15.0. The third-order valence-corrected chi connectivity index (χ3v) is 5.00. The molecule has 28 heavy (non-hydrogen) atoms. The Labute approximate surface area is 170 Å². The molecule has 0 aliphatic heterocycles. The fourth-order valence-corrected chi connectivity index (χ4v) is 3.09. The lowest BCUT2D eigenvalue weighted by atomic mass is 9.97. The van der Waals surface area contributed by atoms with Crippen LogP contribution in [0.1, 0.15) is 57.1 Å². The van der Waals surface area contributed by atoms with Crippen molar-refractivity contribution in [3.63, 3.8) is 0 Å². The molecule has 0 aliphatic rings. The first-order chi connectivity index (χ1) is 13.2. The maximum absolute atomic E-state index is 12.3. The summed E-state index contributed by atoms with van der Waals surface area (Å²) in [5.41, 5.74) is 14.0. The summed E-state index contributed by atoms with van der Waals surface area (Å²) in [6, 6.07) is 5.46. The molecule has 6 heteroatoms. The summed E-state index contributed by atoms with van der Waals surface area (Å²) >= 11 is 0. The van der Waals surface area contributed by atoms with Gasteiger partial charge in [-0.15, -0.1) is 0 Å². The number of nitrogens with zero attached hydrogens (tertiary/aromatic N) is 1. The first-order valence-electron chi connectivity index (χ1n) is 10.2. The molecule has 0 spiro atoms. The number of aliphatic imine (C=N–C) groups is 1. The summed E-state index contributed by atoms with van der Waals surface area (Å²) in [5, 5.41) is 2.95. The van der Waals surface area contributed by atoms with Crippen LogP contribution in [0.15, 0.2) is 23.2 Å². The molecule has 0 radical (unpaired) electrons. The van der Waals surface area contributed by atoms with Gasteiger partial charge in [0, 0.05) is 13.5 Å². The van der Waals surface area contributed by atoms with Gasteiger partial charge in [0.15, 0.2) is 0 Å². The summed E-state index contributed by atoms with van der Waals surface area (Å²) in [4.78, 5) is 16.3. The second-order valence-corrected chi connectivity index (χ2v) is 7.84. The number of para-hydroxylation sites is 1. The summed E-state index contributed by atoms with van der Waals surface area (Å²) < 4.78 is 5.90. The first kappa shape index (κ1) is 24.0. The minimum absolute atomic E-state index is 0.104. The van der Waals surface area contributed by atoms with E-state index in [0.29, 0.717) is 24.8 Å². The molecule has 0 saturated heterocycles. The van der Waals surface area contributed by atoms with E-state index < -0.39 is 6.04 Å². The van der Waals surface area contributed by atoms with Crippen LogP contribution in [0.2, 0.25) is 0 Å². The number of benzene rings is 1. The first-order valence-corrected chi connectivity index (χ1v) is 10.2. The predicted octanol–water partition coefficient (Wildman–Crippen LogP) is 3.09. The van der Waals surface area contributed by atoms with E-state index in [2.05, 4.69) is 17.2 Å². The van der Waals surface area contributed by atoms with Crippen LogP contribution in [-0.2, 0) is 4.79 Å². The summed E-state index contributed by atoms with van der Waals surface area (Å²) in [7, 11) is 1.71. The van der Waals surface area contributed by atoms with Crippen LogP contribution in [0, 0.1) is 19.8 Å². The molecule has 158 valence electrons. The van der Waals surface area contributed by atoms with Gasteiger partial charge >= 0.3 is 0 Å². The largest absolute Gasteiger partial charge is 0.491 e. The van der Waals surface area contributed by atoms with Gasteiger partial charge in [0.05, 0.1) is 17.9 Å². The van der Waals surface area contributed by atoms with Crippen molar-refractivity contribution in [1.82, 2.24) is 5.32 Å². The van der Waals surface area contributed by atoms with E-state index in [1.54, 1.807) is 7.05 Å². The Hall–Kier alpha value is -2.08. The van der Waals surface area contributed by atoms with Crippen molar-refractivity contribution in [2.45, 2.75) is 71.9 Å². The number of aryl methyl sites for hydroxylation is 2. The van der Waals surface area contributed by atoms with Gasteiger partial charge in [-0.05, 0) is 50.7 Å². The zero-order chi connectivity index (χ0) is 21.1. The Bertz CT molecular complexity index is 625. The van der Waals surface area contributed by atoms with Crippen molar-refractivity contribution < 1.29 is 9.53 Å². The van der Waals surface area contributed by atoms with Crippen molar-refractivity contribution in [1.29, 1.82) is 0 Å². The van der Waals surface area contributed by atoms with Gasteiger partial charge < -0.3 is 21.5 Å². The van der Waals surface area contributed by atoms with E-state index in [1.807, 2.05) is 39.0 Å². The van der Waals surface area contributed by atoms with Crippen molar-refractivity contribution in [3.8, 4) is 5.75 Å². The van der Waals surface area contributed by atoms with Crippen molar-refractivity contribution in [3.05, 3.63) is 29.3 Å². The Morgan fingerprint density at radius 3 is 2.43 bits per heavy atom. The standard InChI is InChI=1S/C22H38N4O2/c1-15(12-13-20(24)25-5)8-6-11-19(23)22(27)26-18(4)14-28-21-16(2)9-7-10-17(21)3/h7,9-10,15,18-19H,6,8,11-14,23H2,1-5H3,(H2,24,25)(H,26,27). The number of carbonyl (C=O) groups excluding carboxylic acids is 1. The van der Waals surface area contributed by atoms with Gasteiger partial charge in [-0.2, -0.15) is 0 Å². The number of hydrogen-bond acceptors (Lipinski definition) is 4. The van der Waals surface area contributed by atoms with Crippen LogP contribution in [0.4, 0.5) is 0 Å². The average Bonchev–Trinajstić information content (AvgIpc) is 2.65. The molecule has 1 aromatic rings. The van der Waals surface area contributed by atoms with Gasteiger partial charge in [0.25, 0.3) is 0 Å². The molecule has 1 amide bonds. The molecule has 3 atom stereocenters. The summed E-state index contributed by atoms with van der Waals surface area (Å²) in [6.07, 6.45) is 4.47. The topological polar surface area (TPSA) is 103 Å². The Balaban J connectivity index is 2.29. The van der Waals surface area contributed by atoms with Crippen molar-refractivity contribution in [2.24, 2.45) is 22.4 Å². The molecular formula is C22H38N4O2. The molecule has 1 rings (SSSR count). The minimum atomic E-state index is -0.489. The second kappa shape index (κ2) is 12.4. The van der Waals surface area contributed by atoms with Gasteiger partial charge in [0.2, 0.25) is 5.91 Å². The Morgan fingerprint density at radius 1 is 1.18 bits per heavy atom. The van der Waals surface area contributed by atoms with E-state index >= 15 is 0 Å². The lowest BCUT2D eigenvalue weighted by molar-refractivity contribution is -0.123. The number of rotatable bonds is 12. The van der Waals surface area contributed by atoms with Crippen LogP contribution in [0.3, 0.4) is 0 Å². The maximum atomic E-state index is 12.3. The molecule has 0 aromatic heterocycles. The van der Waals surface area contributed by atoms with Crippen molar-refractivity contribution >= 4 is 11.7 Å². The number of hydrogen-bond donors (Lipinski definition) is 3. The van der Waals surface area contributed by atoms with Crippen LogP contribution in [0.25, 0.3) is 0 Å². The molecule has 0 fully saturated rings. The SMILES string of the molecule is CN=C(N)CCC(C)CCCC(N)C(=O)NC(C)COc1c(C)cccc1C. The maximum Gasteiger partial charge on any atom is 0.237 e. The zero-order valence-corrected chi connectivity index (χ0v) is 18.1. The van der Waals surface area contributed by atoms with Gasteiger partial charge in [0.1, 0.15) is 12.4 Å². The van der Waals surface area contributed by atoms with Crippen LogP contribution in [-0.4, -0.2) is 37.5 Å². The number of carbonyl (C=O) groups is 1. The van der Waals surface area contributed by atoms with E-state index in [0.717, 1.165) is 42.6 Å². The molecule has 1 aromatic carbocycles. The minimum Gasteiger partial charge on any atom is -0.491 e. The van der Waals surface area contributed by atoms with E-state index in [1.165, 1.54) is 0 Å². The van der Waals surface area contributed by atoms with E-state index in [9.17, 15) is 4.79 Å². The molecule has 5 N–H and O–H groups in total. The van der Waals surface area contributed by atoms with Gasteiger partial charge in [-0.25, -0.2) is 0 Å². The van der Waals surface area contributed by atoms with Crippen LogP contribution in [0.5, 0.6) is 5.75 Å². The van der Waals surface area contributed by atoms with Gasteiger partial charge in [-0.3, -0.25) is 9.79 Å². The highest BCUT2D eigenvalue weighted by atomic mass is 16.5. The second-order valence-electron chi connectivity index (χ2n) is 7.84. The molecular weight excluding hydrogens is 352 g/mol. The number of ether oxygens (including phenoxy) is 1. The third-order valence-electron chi connectivity index (χ3n) is 5.00. The smallest absolute Gasteiger partial charge is 0.237 e. The highest BCUT2D eigenvalue weighted by molar-refractivity contribution is 5.81. The number of amides is 1. The zero-order valence-electron chi connectivity index (χ0n) is 18.1. The van der Waals surface area contributed by atoms with Gasteiger partial charge in [-0.1, -0.05) is 38.0 Å². The molecule has 0 saturated carbocycles. The summed E-state index contributed by atoms with van der Waals surface area (Å²) in [5.74, 6) is 2.00. The fourth-order valence-electron chi connectivity index (χ4n) is 3.09. The quantitative estimate of drug-likeness (QED) is 0.377. The molecule has 0 aliphatic carbocycles. The highest BCUT2D eigenvalue weighted by Crippen LogP contribution is 2.22. The Kier molecular flexibility index (Phi) is 10.6. The molecule has 3 unspecified atom stereocenters. The third kappa shape index (κ3) is 8.74. The highest BCUT2D eigenvalue weighted by Gasteiger charge is 2.17. The van der Waals surface area contributed by atoms with E-state index in [-0.39, 0.29) is 11.9 Å². The fraction of sp³-hybridized carbons (Fsp3) is 0.636. The lowest BCUT2D eigenvalue weighted by Crippen LogP contribution is -2.46. The molecule has 0 heterocycles. The lowest BCUT2D eigenvalue weighted by Gasteiger charge is -2.20. The summed E-state index contributed by atoms with van der Waals surface area (Å²) in [6.45, 7) is 8.58. The monoisotopic (exact) mass is 390 g/mol. The van der Waals surface area contributed by atoms with Crippen molar-refractivity contribution in [2.75, 3.05) is 13.7 Å². The average molecular weight is 391 g/mol. The number of amidine groups is 1. The Morgan fingerprint density at radius 2 is 1.82 bits per heavy atom. The number of nitrogens with one attached hydrogen (secondary N) is 1. The molecule has 0 bridgehead atoms. The predicted molar refractivity (Wildman–Crippen MR) is 117 cm³/mol. The number of nitrogens with two attached hydrogens (primary N) is 2. The molecule has 6 nitrogen and oxygen atoms in total.